The highest BCUT2D eigenvalue weighted by molar-refractivity contribution is 5.99. The molecule has 210 valence electrons. The summed E-state index contributed by atoms with van der Waals surface area (Å²) in [4.78, 5) is 26.6. The van der Waals surface area contributed by atoms with Gasteiger partial charge in [-0.1, -0.05) is 18.7 Å². The highest BCUT2D eigenvalue weighted by atomic mass is 19.4. The van der Waals surface area contributed by atoms with Crippen LogP contribution in [0.5, 0.6) is 0 Å². The number of benzene rings is 2. The van der Waals surface area contributed by atoms with Crippen LogP contribution in [0.2, 0.25) is 0 Å². The number of aromatic nitrogens is 2. The van der Waals surface area contributed by atoms with Gasteiger partial charge in [-0.2, -0.15) is 18.2 Å². The number of nitrogens with one attached hydrogen (secondary N) is 3. The Morgan fingerprint density at radius 2 is 1.88 bits per heavy atom. The van der Waals surface area contributed by atoms with Gasteiger partial charge in [-0.3, -0.25) is 9.79 Å². The van der Waals surface area contributed by atoms with Crippen LogP contribution in [0.15, 0.2) is 78.2 Å². The second-order valence-corrected chi connectivity index (χ2v) is 8.63. The van der Waals surface area contributed by atoms with Gasteiger partial charge in [-0.25, -0.2) is 9.37 Å². The molecular weight excluding hydrogens is 528 g/mol. The van der Waals surface area contributed by atoms with Gasteiger partial charge in [0.15, 0.2) is 0 Å². The molecule has 0 saturated carbocycles. The molecule has 0 unspecified atom stereocenters. The van der Waals surface area contributed by atoms with E-state index in [-0.39, 0.29) is 28.7 Å². The van der Waals surface area contributed by atoms with Crippen LogP contribution in [0.1, 0.15) is 5.56 Å². The average molecular weight is 557 g/mol. The van der Waals surface area contributed by atoms with E-state index in [9.17, 15) is 22.4 Å². The topological polar surface area (TPSA) is 121 Å². The Bertz CT molecular complexity index is 1400. The van der Waals surface area contributed by atoms with Gasteiger partial charge < -0.3 is 26.6 Å². The van der Waals surface area contributed by atoms with Gasteiger partial charge >= 0.3 is 6.18 Å². The van der Waals surface area contributed by atoms with Gasteiger partial charge in [0.25, 0.3) is 0 Å². The number of hydrogen-bond acceptors (Lipinski definition) is 8. The molecule has 0 aliphatic heterocycles. The lowest BCUT2D eigenvalue weighted by molar-refractivity contribution is -0.137. The first kappa shape index (κ1) is 29.8. The number of amides is 1. The van der Waals surface area contributed by atoms with E-state index in [4.69, 9.17) is 5.73 Å². The molecule has 0 fully saturated rings. The third-order valence-electron chi connectivity index (χ3n) is 5.33. The lowest BCUT2D eigenvalue weighted by Gasteiger charge is -2.15. The molecule has 3 aromatic rings. The lowest BCUT2D eigenvalue weighted by atomic mass is 10.1. The minimum absolute atomic E-state index is 0.0560. The number of carbonyl (C=O) groups is 1. The summed E-state index contributed by atoms with van der Waals surface area (Å²) in [5.41, 5.74) is 6.11. The molecule has 40 heavy (non-hydrogen) atoms. The molecule has 5 N–H and O–H groups in total. The number of carbonyl (C=O) groups excluding carboxylic acids is 1. The van der Waals surface area contributed by atoms with E-state index in [2.05, 4.69) is 37.5 Å². The minimum atomic E-state index is -4.51. The average Bonchev–Trinajstić information content (AvgIpc) is 2.91. The third kappa shape index (κ3) is 8.36. The van der Waals surface area contributed by atoms with Gasteiger partial charge in [-0.15, -0.1) is 0 Å². The van der Waals surface area contributed by atoms with E-state index in [0.29, 0.717) is 17.8 Å². The Hall–Kier alpha value is -4.78. The van der Waals surface area contributed by atoms with E-state index in [1.807, 2.05) is 19.0 Å². The highest BCUT2D eigenvalue weighted by Gasteiger charge is 2.30. The number of likely N-dealkylation sites (N-methyl/N-ethyl adjacent to an activating group) is 1. The fourth-order valence-corrected chi connectivity index (χ4v) is 3.27. The second kappa shape index (κ2) is 13.3. The van der Waals surface area contributed by atoms with E-state index < -0.39 is 23.5 Å². The summed E-state index contributed by atoms with van der Waals surface area (Å²) in [6.07, 6.45) is 0.703. The first-order valence-corrected chi connectivity index (χ1v) is 11.9. The molecule has 1 heterocycles. The van der Waals surface area contributed by atoms with Crippen molar-refractivity contribution in [1.82, 2.24) is 14.9 Å². The number of allylic oxidation sites excluding steroid dienone is 1. The number of alkyl halides is 3. The predicted octanol–water partition coefficient (Wildman–Crippen LogP) is 5.01. The fraction of sp³-hybridized carbons (Fsp3) is 0.185. The quantitative estimate of drug-likeness (QED) is 0.149. The summed E-state index contributed by atoms with van der Waals surface area (Å²) in [5, 5.41) is 8.30. The lowest BCUT2D eigenvalue weighted by Crippen LogP contribution is -2.16. The molecule has 0 aliphatic carbocycles. The molecule has 0 atom stereocenters. The Morgan fingerprint density at radius 1 is 1.15 bits per heavy atom. The van der Waals surface area contributed by atoms with Crippen molar-refractivity contribution in [2.45, 2.75) is 6.18 Å². The Kier molecular flexibility index (Phi) is 9.92. The standard InChI is InChI=1S/C27H28F4N8O/c1-4-24(40)35-19-9-10-22(28)23(13-19)37-25-21(17-5-7-18(8-6-17)27(29,30)31)16-34-26(38-25)36-20(14-32)15-33-11-12-39(2)3/h4-10,13-16H,1,11-12,32H2,2-3H3,(H,35,40)(H2,34,36,37,38)/b20-14+,33-15?. The summed E-state index contributed by atoms with van der Waals surface area (Å²) < 4.78 is 54.0. The normalized spacial score (nSPS) is 12.0. The van der Waals surface area contributed by atoms with Gasteiger partial charge in [0.1, 0.15) is 11.6 Å². The first-order valence-electron chi connectivity index (χ1n) is 11.9. The molecule has 0 spiro atoms. The van der Waals surface area contributed by atoms with Gasteiger partial charge in [0, 0.05) is 36.4 Å². The predicted molar refractivity (Wildman–Crippen MR) is 149 cm³/mol. The van der Waals surface area contributed by atoms with Crippen molar-refractivity contribution >= 4 is 35.3 Å². The van der Waals surface area contributed by atoms with Gasteiger partial charge in [0.2, 0.25) is 11.9 Å². The number of nitrogens with two attached hydrogens (primary N) is 1. The van der Waals surface area contributed by atoms with Crippen molar-refractivity contribution in [2.24, 2.45) is 10.7 Å². The van der Waals surface area contributed by atoms with Gasteiger partial charge in [-0.05, 0) is 56.1 Å². The largest absolute Gasteiger partial charge is 0.416 e. The number of nitrogens with zero attached hydrogens (tertiary/aromatic N) is 4. The minimum Gasteiger partial charge on any atom is -0.403 e. The Labute approximate surface area is 228 Å². The Balaban J connectivity index is 1.99. The van der Waals surface area contributed by atoms with Crippen molar-refractivity contribution in [3.05, 3.63) is 84.6 Å². The number of anilines is 4. The van der Waals surface area contributed by atoms with Crippen LogP contribution < -0.4 is 21.7 Å². The van der Waals surface area contributed by atoms with E-state index in [1.165, 1.54) is 42.9 Å². The smallest absolute Gasteiger partial charge is 0.403 e. The van der Waals surface area contributed by atoms with Crippen LogP contribution in [-0.4, -0.2) is 54.2 Å². The molecule has 3 rings (SSSR count). The zero-order chi connectivity index (χ0) is 29.3. The maximum atomic E-state index is 14.8. The third-order valence-corrected chi connectivity index (χ3v) is 5.33. The van der Waals surface area contributed by atoms with Crippen LogP contribution in [0.3, 0.4) is 0 Å². The number of rotatable bonds is 11. The molecular formula is C27H28F4N8O. The number of halogens is 4. The SMILES string of the molecule is C=CC(=O)Nc1ccc(F)c(Nc2nc(N/C(C=NCCN(C)C)=C/N)ncc2-c2ccc(C(F)(F)F)cc2)c1. The van der Waals surface area contributed by atoms with E-state index >= 15 is 0 Å². The zero-order valence-corrected chi connectivity index (χ0v) is 21.8. The summed E-state index contributed by atoms with van der Waals surface area (Å²) in [5.74, 6) is -1.03. The number of hydrogen-bond donors (Lipinski definition) is 4. The van der Waals surface area contributed by atoms with Gasteiger partial charge in [0.05, 0.1) is 23.5 Å². The molecule has 0 saturated heterocycles. The van der Waals surface area contributed by atoms with Crippen LogP contribution in [0.4, 0.5) is 40.7 Å². The summed E-state index contributed by atoms with van der Waals surface area (Å²) in [6.45, 7) is 4.62. The van der Waals surface area contributed by atoms with Crippen LogP contribution in [-0.2, 0) is 11.0 Å². The number of aliphatic imine (C=N–C) groups is 1. The summed E-state index contributed by atoms with van der Waals surface area (Å²) in [6, 6.07) is 8.22. The maximum Gasteiger partial charge on any atom is 0.416 e. The molecule has 0 radical (unpaired) electrons. The molecule has 0 bridgehead atoms. The Morgan fingerprint density at radius 3 is 2.50 bits per heavy atom. The highest BCUT2D eigenvalue weighted by Crippen LogP contribution is 2.34. The van der Waals surface area contributed by atoms with Crippen molar-refractivity contribution in [1.29, 1.82) is 0 Å². The maximum absolute atomic E-state index is 14.8. The summed E-state index contributed by atoms with van der Waals surface area (Å²) >= 11 is 0. The van der Waals surface area contributed by atoms with E-state index in [0.717, 1.165) is 30.8 Å². The van der Waals surface area contributed by atoms with Crippen molar-refractivity contribution in [2.75, 3.05) is 43.1 Å². The summed E-state index contributed by atoms with van der Waals surface area (Å²) in [7, 11) is 3.83. The zero-order valence-electron chi connectivity index (χ0n) is 21.8. The fourth-order valence-electron chi connectivity index (χ4n) is 3.27. The molecule has 1 amide bonds. The molecule has 13 heteroatoms. The molecule has 0 aliphatic rings. The molecule has 1 aromatic heterocycles. The van der Waals surface area contributed by atoms with Crippen LogP contribution in [0.25, 0.3) is 11.1 Å². The van der Waals surface area contributed by atoms with E-state index in [1.54, 1.807) is 0 Å². The van der Waals surface area contributed by atoms with Crippen molar-refractivity contribution in [3.63, 3.8) is 0 Å². The van der Waals surface area contributed by atoms with Crippen LogP contribution in [0, 0.1) is 5.82 Å². The van der Waals surface area contributed by atoms with Crippen LogP contribution >= 0.6 is 0 Å². The van der Waals surface area contributed by atoms with Crippen molar-refractivity contribution < 1.29 is 22.4 Å². The first-order chi connectivity index (χ1) is 19.0. The molecule has 2 aromatic carbocycles. The monoisotopic (exact) mass is 556 g/mol. The molecule has 9 nitrogen and oxygen atoms in total. The van der Waals surface area contributed by atoms with Crippen molar-refractivity contribution in [3.8, 4) is 11.1 Å². The second-order valence-electron chi connectivity index (χ2n) is 8.63.